The number of hydrogen-bond acceptors (Lipinski definition) is 2. The van der Waals surface area contributed by atoms with E-state index in [-0.39, 0.29) is 5.78 Å². The van der Waals surface area contributed by atoms with Gasteiger partial charge in [-0.3, -0.25) is 4.79 Å². The lowest BCUT2D eigenvalue weighted by molar-refractivity contribution is 0.0976. The number of carbonyl (C=O) groups excluding carboxylic acids is 1. The van der Waals surface area contributed by atoms with Crippen molar-refractivity contribution >= 4 is 5.78 Å². The molecule has 1 aromatic rings. The minimum absolute atomic E-state index is 0.244. The van der Waals surface area contributed by atoms with Gasteiger partial charge in [0.15, 0.2) is 5.78 Å². The Morgan fingerprint density at radius 3 is 1.64 bits per heavy atom. The molecule has 0 aliphatic carbocycles. The molecule has 1 aromatic carbocycles. The summed E-state index contributed by atoms with van der Waals surface area (Å²) in [5, 5.41) is 0. The minimum atomic E-state index is -0.470. The predicted molar refractivity (Wildman–Crippen MR) is 123 cm³/mol. The molecule has 0 bridgehead atoms. The van der Waals surface area contributed by atoms with Crippen molar-refractivity contribution in [2.45, 2.75) is 123 Å². The Labute approximate surface area is 174 Å². The first-order valence-electron chi connectivity index (χ1n) is 11.9. The monoisotopic (exact) mass is 387 g/mol. The molecule has 1 rings (SSSR count). The standard InChI is InChI=1S/C26H45NO/c1-4-5-6-7-8-9-10-11-12-13-14-15-16-17-22-25(28)23-20-18-19-21-24(23)26(2,3)27/h18-21H,4-17,22,27H2,1-3H3. The van der Waals surface area contributed by atoms with Crippen LogP contribution in [0.2, 0.25) is 0 Å². The fourth-order valence-corrected chi connectivity index (χ4v) is 3.90. The zero-order valence-electron chi connectivity index (χ0n) is 18.9. The highest BCUT2D eigenvalue weighted by Crippen LogP contribution is 2.23. The molecule has 2 N–H and O–H groups in total. The van der Waals surface area contributed by atoms with Gasteiger partial charge in [0.2, 0.25) is 0 Å². The van der Waals surface area contributed by atoms with Gasteiger partial charge in [-0.15, -0.1) is 0 Å². The highest BCUT2D eigenvalue weighted by Gasteiger charge is 2.21. The quantitative estimate of drug-likeness (QED) is 0.218. The van der Waals surface area contributed by atoms with Crippen LogP contribution in [-0.4, -0.2) is 5.78 Å². The highest BCUT2D eigenvalue weighted by molar-refractivity contribution is 5.97. The van der Waals surface area contributed by atoms with Crippen molar-refractivity contribution in [1.82, 2.24) is 0 Å². The maximum Gasteiger partial charge on any atom is 0.163 e. The zero-order chi connectivity index (χ0) is 20.7. The molecule has 0 aliphatic rings. The van der Waals surface area contributed by atoms with Gasteiger partial charge in [0, 0.05) is 17.5 Å². The third kappa shape index (κ3) is 11.0. The molecule has 0 unspecified atom stereocenters. The lowest BCUT2D eigenvalue weighted by Crippen LogP contribution is -2.30. The van der Waals surface area contributed by atoms with Crippen molar-refractivity contribution in [3.05, 3.63) is 35.4 Å². The van der Waals surface area contributed by atoms with E-state index in [1.807, 2.05) is 38.1 Å². The van der Waals surface area contributed by atoms with Gasteiger partial charge in [0.25, 0.3) is 0 Å². The van der Waals surface area contributed by atoms with E-state index in [1.165, 1.54) is 77.0 Å². The summed E-state index contributed by atoms with van der Waals surface area (Å²) >= 11 is 0. The normalized spacial score (nSPS) is 11.7. The maximum absolute atomic E-state index is 12.6. The SMILES string of the molecule is CCCCCCCCCCCCCCCCC(=O)c1ccccc1C(C)(C)N. The highest BCUT2D eigenvalue weighted by atomic mass is 16.1. The van der Waals surface area contributed by atoms with Gasteiger partial charge in [0.1, 0.15) is 0 Å². The number of rotatable bonds is 17. The second kappa shape index (κ2) is 14.8. The number of benzene rings is 1. The van der Waals surface area contributed by atoms with Gasteiger partial charge in [0.05, 0.1) is 0 Å². The van der Waals surface area contributed by atoms with Crippen LogP contribution in [0.5, 0.6) is 0 Å². The molecule has 0 atom stereocenters. The first kappa shape index (κ1) is 24.9. The van der Waals surface area contributed by atoms with Gasteiger partial charge >= 0.3 is 0 Å². The lowest BCUT2D eigenvalue weighted by Gasteiger charge is -2.22. The molecular weight excluding hydrogens is 342 g/mol. The Bertz CT molecular complexity index is 529. The second-order valence-electron chi connectivity index (χ2n) is 9.04. The average Bonchev–Trinajstić information content (AvgIpc) is 2.67. The van der Waals surface area contributed by atoms with Crippen LogP contribution >= 0.6 is 0 Å². The summed E-state index contributed by atoms with van der Waals surface area (Å²) in [6, 6.07) is 7.81. The Balaban J connectivity index is 2.03. The summed E-state index contributed by atoms with van der Waals surface area (Å²) in [5.74, 6) is 0.244. The van der Waals surface area contributed by atoms with E-state index in [0.717, 1.165) is 24.0 Å². The summed E-state index contributed by atoms with van der Waals surface area (Å²) in [6.45, 7) is 6.20. The summed E-state index contributed by atoms with van der Waals surface area (Å²) < 4.78 is 0. The molecule has 0 aromatic heterocycles. The van der Waals surface area contributed by atoms with Crippen molar-refractivity contribution in [2.75, 3.05) is 0 Å². The third-order valence-corrected chi connectivity index (χ3v) is 5.68. The predicted octanol–water partition coefficient (Wildman–Crippen LogP) is 7.93. The Hall–Kier alpha value is -1.15. The Morgan fingerprint density at radius 2 is 1.18 bits per heavy atom. The van der Waals surface area contributed by atoms with Crippen molar-refractivity contribution in [3.8, 4) is 0 Å². The molecule has 0 saturated carbocycles. The molecule has 0 radical (unpaired) electrons. The van der Waals surface area contributed by atoms with Gasteiger partial charge in [-0.05, 0) is 25.8 Å². The van der Waals surface area contributed by atoms with E-state index in [2.05, 4.69) is 6.92 Å². The summed E-state index contributed by atoms with van der Waals surface area (Å²) in [5.41, 5.74) is 7.53. The van der Waals surface area contributed by atoms with E-state index < -0.39 is 5.54 Å². The maximum atomic E-state index is 12.6. The summed E-state index contributed by atoms with van der Waals surface area (Å²) in [4.78, 5) is 12.6. The van der Waals surface area contributed by atoms with E-state index >= 15 is 0 Å². The average molecular weight is 388 g/mol. The van der Waals surface area contributed by atoms with Crippen molar-refractivity contribution < 1.29 is 4.79 Å². The first-order valence-corrected chi connectivity index (χ1v) is 11.9. The van der Waals surface area contributed by atoms with Gasteiger partial charge in [-0.25, -0.2) is 0 Å². The van der Waals surface area contributed by atoms with E-state index in [9.17, 15) is 4.79 Å². The molecule has 0 amide bonds. The van der Waals surface area contributed by atoms with Gasteiger partial charge in [-0.1, -0.05) is 115 Å². The number of Topliss-reactive ketones (excluding diaryl/α,β-unsaturated/α-hetero) is 1. The number of nitrogens with two attached hydrogens (primary N) is 1. The molecule has 0 aliphatic heterocycles. The number of unbranched alkanes of at least 4 members (excludes halogenated alkanes) is 13. The second-order valence-corrected chi connectivity index (χ2v) is 9.04. The smallest absolute Gasteiger partial charge is 0.163 e. The van der Waals surface area contributed by atoms with Crippen LogP contribution in [0.4, 0.5) is 0 Å². The van der Waals surface area contributed by atoms with E-state index in [4.69, 9.17) is 5.73 Å². The minimum Gasteiger partial charge on any atom is -0.322 e. The first-order chi connectivity index (χ1) is 13.5. The van der Waals surface area contributed by atoms with Crippen LogP contribution < -0.4 is 5.73 Å². The van der Waals surface area contributed by atoms with Crippen molar-refractivity contribution in [3.63, 3.8) is 0 Å². The number of ketones is 1. The van der Waals surface area contributed by atoms with E-state index in [0.29, 0.717) is 6.42 Å². The van der Waals surface area contributed by atoms with Crippen LogP contribution in [0.25, 0.3) is 0 Å². The van der Waals surface area contributed by atoms with Crippen LogP contribution in [0.3, 0.4) is 0 Å². The van der Waals surface area contributed by atoms with Gasteiger partial charge < -0.3 is 5.73 Å². The zero-order valence-corrected chi connectivity index (χ0v) is 18.9. The third-order valence-electron chi connectivity index (χ3n) is 5.68. The fraction of sp³-hybridized carbons (Fsp3) is 0.731. The molecule has 2 nitrogen and oxygen atoms in total. The molecule has 28 heavy (non-hydrogen) atoms. The molecule has 0 spiro atoms. The summed E-state index contributed by atoms with van der Waals surface area (Å²) in [7, 11) is 0. The van der Waals surface area contributed by atoms with Crippen LogP contribution in [0.15, 0.2) is 24.3 Å². The van der Waals surface area contributed by atoms with Crippen molar-refractivity contribution in [2.24, 2.45) is 5.73 Å². The summed E-state index contributed by atoms with van der Waals surface area (Å²) in [6.07, 6.45) is 19.4. The van der Waals surface area contributed by atoms with Crippen LogP contribution in [-0.2, 0) is 5.54 Å². The van der Waals surface area contributed by atoms with Crippen molar-refractivity contribution in [1.29, 1.82) is 0 Å². The van der Waals surface area contributed by atoms with Gasteiger partial charge in [-0.2, -0.15) is 0 Å². The molecule has 0 fully saturated rings. The number of hydrogen-bond donors (Lipinski definition) is 1. The van der Waals surface area contributed by atoms with Crippen LogP contribution in [0.1, 0.15) is 133 Å². The molecule has 160 valence electrons. The number of carbonyl (C=O) groups is 1. The molecule has 0 heterocycles. The van der Waals surface area contributed by atoms with Crippen LogP contribution in [0, 0.1) is 0 Å². The fourth-order valence-electron chi connectivity index (χ4n) is 3.90. The lowest BCUT2D eigenvalue weighted by atomic mass is 9.88. The molecule has 0 saturated heterocycles. The molecule has 2 heteroatoms. The molecular formula is C26H45NO. The topological polar surface area (TPSA) is 43.1 Å². The Kier molecular flexibility index (Phi) is 13.1. The van der Waals surface area contributed by atoms with E-state index in [1.54, 1.807) is 0 Å². The Morgan fingerprint density at radius 1 is 0.750 bits per heavy atom. The largest absolute Gasteiger partial charge is 0.322 e.